The van der Waals surface area contributed by atoms with Gasteiger partial charge < -0.3 is 15.3 Å². The molecule has 174 valence electrons. The van der Waals surface area contributed by atoms with Crippen LogP contribution in [0.4, 0.5) is 15.9 Å². The Morgan fingerprint density at radius 2 is 1.91 bits per heavy atom. The van der Waals surface area contributed by atoms with E-state index in [9.17, 15) is 9.90 Å². The Morgan fingerprint density at radius 1 is 1.21 bits per heavy atom. The van der Waals surface area contributed by atoms with Crippen LogP contribution in [0.1, 0.15) is 61.3 Å². The molecule has 1 aliphatic rings. The SMILES string of the molecule is Cc1cc([C@H](C)Nc2ccc(Cl)nc2C(=O)O)c2nc(N3CCC(C)(C)CC3)cc(F)c2c1. The largest absolute Gasteiger partial charge is 0.476 e. The van der Waals surface area contributed by atoms with Crippen LogP contribution in [0.3, 0.4) is 0 Å². The van der Waals surface area contributed by atoms with Gasteiger partial charge >= 0.3 is 5.97 Å². The molecule has 0 unspecified atom stereocenters. The van der Waals surface area contributed by atoms with Crippen molar-refractivity contribution in [1.82, 2.24) is 9.97 Å². The molecule has 8 heteroatoms. The fraction of sp³-hybridized carbons (Fsp3) is 0.400. The number of aryl methyl sites for hydroxylation is 1. The molecule has 0 amide bonds. The first-order chi connectivity index (χ1) is 15.5. The molecule has 1 atom stereocenters. The molecule has 3 heterocycles. The van der Waals surface area contributed by atoms with E-state index in [4.69, 9.17) is 16.6 Å². The minimum absolute atomic E-state index is 0.102. The Hall–Kier alpha value is -2.93. The molecule has 0 spiro atoms. The standard InChI is InChI=1S/C25H28ClFN4O2/c1-14-11-16(15(2)28-19-5-6-20(26)29-23(19)24(32)33)22-17(12-14)18(27)13-21(30-22)31-9-7-25(3,4)8-10-31/h5-6,11-13,15,28H,7-10H2,1-4H3,(H,32,33)/t15-/m0/s1. The van der Waals surface area contributed by atoms with Crippen LogP contribution >= 0.6 is 11.6 Å². The van der Waals surface area contributed by atoms with Gasteiger partial charge in [-0.1, -0.05) is 31.5 Å². The maximum atomic E-state index is 15.2. The summed E-state index contributed by atoms with van der Waals surface area (Å²) in [5, 5.41) is 13.3. The van der Waals surface area contributed by atoms with E-state index in [1.165, 1.54) is 12.1 Å². The molecule has 1 aromatic carbocycles. The lowest BCUT2D eigenvalue weighted by molar-refractivity contribution is 0.0691. The van der Waals surface area contributed by atoms with Crippen LogP contribution in [0.25, 0.3) is 10.9 Å². The average molecular weight is 471 g/mol. The number of piperidine rings is 1. The highest BCUT2D eigenvalue weighted by atomic mass is 35.5. The first kappa shape index (κ1) is 23.2. The third kappa shape index (κ3) is 4.88. The second-order valence-electron chi connectivity index (χ2n) is 9.57. The lowest BCUT2D eigenvalue weighted by Crippen LogP contribution is -2.37. The summed E-state index contributed by atoms with van der Waals surface area (Å²) < 4.78 is 15.2. The van der Waals surface area contributed by atoms with Crippen molar-refractivity contribution in [2.45, 2.75) is 46.6 Å². The van der Waals surface area contributed by atoms with Gasteiger partial charge in [0.15, 0.2) is 5.69 Å². The molecule has 33 heavy (non-hydrogen) atoms. The number of hydrogen-bond acceptors (Lipinski definition) is 5. The van der Waals surface area contributed by atoms with Crippen LogP contribution in [0.2, 0.25) is 5.15 Å². The second-order valence-corrected chi connectivity index (χ2v) is 9.95. The zero-order valence-corrected chi connectivity index (χ0v) is 20.0. The van der Waals surface area contributed by atoms with Gasteiger partial charge in [0.05, 0.1) is 17.2 Å². The predicted molar refractivity (Wildman–Crippen MR) is 130 cm³/mol. The lowest BCUT2D eigenvalue weighted by Gasteiger charge is -2.37. The van der Waals surface area contributed by atoms with Crippen molar-refractivity contribution in [2.24, 2.45) is 5.41 Å². The van der Waals surface area contributed by atoms with Gasteiger partial charge in [0.2, 0.25) is 0 Å². The van der Waals surface area contributed by atoms with E-state index in [1.54, 1.807) is 12.1 Å². The lowest BCUT2D eigenvalue weighted by atomic mass is 9.83. The number of nitrogens with zero attached hydrogens (tertiary/aromatic N) is 3. The molecule has 6 nitrogen and oxygen atoms in total. The number of carboxylic acid groups (broad SMARTS) is 1. The Bertz CT molecular complexity index is 1220. The molecule has 4 rings (SSSR count). The monoisotopic (exact) mass is 470 g/mol. The van der Waals surface area contributed by atoms with Crippen molar-refractivity contribution in [3.63, 3.8) is 0 Å². The van der Waals surface area contributed by atoms with Gasteiger partial charge in [-0.05, 0) is 55.9 Å². The molecule has 2 aromatic heterocycles. The van der Waals surface area contributed by atoms with Crippen molar-refractivity contribution < 1.29 is 14.3 Å². The highest BCUT2D eigenvalue weighted by molar-refractivity contribution is 6.29. The van der Waals surface area contributed by atoms with Gasteiger partial charge in [0.25, 0.3) is 0 Å². The summed E-state index contributed by atoms with van der Waals surface area (Å²) in [5.74, 6) is -0.857. The molecule has 1 fully saturated rings. The van der Waals surface area contributed by atoms with E-state index < -0.39 is 5.97 Å². The fourth-order valence-corrected chi connectivity index (χ4v) is 4.46. The maximum Gasteiger partial charge on any atom is 0.356 e. The number of nitrogens with one attached hydrogen (secondary N) is 1. The summed E-state index contributed by atoms with van der Waals surface area (Å²) in [6.07, 6.45) is 2.04. The first-order valence-corrected chi connectivity index (χ1v) is 11.4. The molecule has 0 saturated carbocycles. The Balaban J connectivity index is 1.74. The number of carbonyl (C=O) groups is 1. The maximum absolute atomic E-state index is 15.2. The van der Waals surface area contributed by atoms with Gasteiger partial charge in [-0.3, -0.25) is 0 Å². The second kappa shape index (κ2) is 8.78. The Morgan fingerprint density at radius 3 is 2.58 bits per heavy atom. The summed E-state index contributed by atoms with van der Waals surface area (Å²) in [6, 6.07) is 8.04. The third-order valence-electron chi connectivity index (χ3n) is 6.37. The molecule has 1 saturated heterocycles. The van der Waals surface area contributed by atoms with E-state index in [1.807, 2.05) is 19.9 Å². The summed E-state index contributed by atoms with van der Waals surface area (Å²) in [7, 11) is 0. The van der Waals surface area contributed by atoms with Gasteiger partial charge in [0, 0.05) is 30.1 Å². The number of rotatable bonds is 5. The quantitative estimate of drug-likeness (QED) is 0.430. The van der Waals surface area contributed by atoms with Crippen LogP contribution in [0.5, 0.6) is 0 Å². The van der Waals surface area contributed by atoms with Crippen LogP contribution in [0, 0.1) is 18.2 Å². The molecule has 0 radical (unpaired) electrons. The van der Waals surface area contributed by atoms with Crippen LogP contribution < -0.4 is 10.2 Å². The summed E-state index contributed by atoms with van der Waals surface area (Å²) in [4.78, 5) is 22.6. The van der Waals surface area contributed by atoms with Gasteiger partial charge in [-0.15, -0.1) is 0 Å². The normalized spacial score (nSPS) is 16.6. The van der Waals surface area contributed by atoms with E-state index in [2.05, 4.69) is 29.0 Å². The highest BCUT2D eigenvalue weighted by Crippen LogP contribution is 2.35. The number of anilines is 2. The zero-order valence-electron chi connectivity index (χ0n) is 19.2. The molecule has 1 aliphatic heterocycles. The minimum atomic E-state index is -1.18. The molecule has 0 aliphatic carbocycles. The molecular formula is C25H28ClFN4O2. The third-order valence-corrected chi connectivity index (χ3v) is 6.58. The topological polar surface area (TPSA) is 78.3 Å². The number of fused-ring (bicyclic) bond motifs is 1. The number of hydrogen-bond donors (Lipinski definition) is 2. The Labute approximate surface area is 197 Å². The fourth-order valence-electron chi connectivity index (χ4n) is 4.31. The van der Waals surface area contributed by atoms with E-state index in [0.717, 1.165) is 37.1 Å². The van der Waals surface area contributed by atoms with Crippen molar-refractivity contribution in [1.29, 1.82) is 0 Å². The molecule has 0 bridgehead atoms. The Kier molecular flexibility index (Phi) is 6.18. The average Bonchev–Trinajstić information content (AvgIpc) is 2.74. The van der Waals surface area contributed by atoms with Crippen LogP contribution in [-0.2, 0) is 0 Å². The van der Waals surface area contributed by atoms with Crippen LogP contribution in [-0.4, -0.2) is 34.1 Å². The zero-order chi connectivity index (χ0) is 23.9. The summed E-state index contributed by atoms with van der Waals surface area (Å²) >= 11 is 5.88. The van der Waals surface area contributed by atoms with Gasteiger partial charge in [-0.2, -0.15) is 0 Å². The molecule has 2 N–H and O–H groups in total. The van der Waals surface area contributed by atoms with Crippen molar-refractivity contribution in [3.8, 4) is 0 Å². The van der Waals surface area contributed by atoms with Gasteiger partial charge in [0.1, 0.15) is 16.8 Å². The van der Waals surface area contributed by atoms with Crippen molar-refractivity contribution >= 4 is 40.0 Å². The van der Waals surface area contributed by atoms with E-state index in [-0.39, 0.29) is 28.1 Å². The number of pyridine rings is 2. The first-order valence-electron chi connectivity index (χ1n) is 11.1. The molecular weight excluding hydrogens is 443 g/mol. The summed E-state index contributed by atoms with van der Waals surface area (Å²) in [6.45, 7) is 9.97. The van der Waals surface area contributed by atoms with Crippen molar-refractivity contribution in [2.75, 3.05) is 23.3 Å². The number of aromatic carboxylic acids is 1. The van der Waals surface area contributed by atoms with Gasteiger partial charge in [-0.25, -0.2) is 19.2 Å². The van der Waals surface area contributed by atoms with E-state index >= 15 is 4.39 Å². The number of aromatic nitrogens is 2. The predicted octanol–water partition coefficient (Wildman–Crippen LogP) is 6.23. The highest BCUT2D eigenvalue weighted by Gasteiger charge is 2.27. The van der Waals surface area contributed by atoms with E-state index in [0.29, 0.717) is 22.4 Å². The minimum Gasteiger partial charge on any atom is -0.476 e. The number of benzene rings is 1. The smallest absolute Gasteiger partial charge is 0.356 e. The molecule has 3 aromatic rings. The summed E-state index contributed by atoms with van der Waals surface area (Å²) in [5.41, 5.74) is 2.70. The van der Waals surface area contributed by atoms with Crippen molar-refractivity contribution in [3.05, 3.63) is 58.1 Å². The number of halogens is 2. The number of carboxylic acids is 1. The van der Waals surface area contributed by atoms with Crippen LogP contribution in [0.15, 0.2) is 30.3 Å².